The predicted octanol–water partition coefficient (Wildman–Crippen LogP) is 3.16. The van der Waals surface area contributed by atoms with Crippen molar-refractivity contribution in [3.63, 3.8) is 0 Å². The third-order valence-corrected chi connectivity index (χ3v) is 6.67. The highest BCUT2D eigenvalue weighted by molar-refractivity contribution is 7.89. The van der Waals surface area contributed by atoms with Crippen LogP contribution in [0.5, 0.6) is 0 Å². The minimum Gasteiger partial charge on any atom is -0.345 e. The summed E-state index contributed by atoms with van der Waals surface area (Å²) in [5.41, 5.74) is 1.12. The van der Waals surface area contributed by atoms with Gasteiger partial charge in [-0.3, -0.25) is 9.48 Å². The second-order valence-corrected chi connectivity index (χ2v) is 9.64. The zero-order chi connectivity index (χ0) is 21.1. The number of nitrogens with zero attached hydrogens (tertiary/aromatic N) is 3. The lowest BCUT2D eigenvalue weighted by Crippen LogP contribution is -2.30. The van der Waals surface area contributed by atoms with Gasteiger partial charge in [0, 0.05) is 19.3 Å². The second kappa shape index (κ2) is 8.45. The van der Waals surface area contributed by atoms with Crippen molar-refractivity contribution in [3.8, 4) is 0 Å². The van der Waals surface area contributed by atoms with Gasteiger partial charge in [0.25, 0.3) is 5.91 Å². The lowest BCUT2D eigenvalue weighted by atomic mass is 10.1. The van der Waals surface area contributed by atoms with Crippen molar-refractivity contribution in [2.75, 3.05) is 13.1 Å². The molecule has 0 aliphatic heterocycles. The summed E-state index contributed by atoms with van der Waals surface area (Å²) in [7, 11) is -3.49. The molecule has 2 aromatic rings. The van der Waals surface area contributed by atoms with Crippen LogP contribution >= 0.6 is 0 Å². The van der Waals surface area contributed by atoms with Gasteiger partial charge in [0.2, 0.25) is 10.0 Å². The van der Waals surface area contributed by atoms with E-state index in [0.29, 0.717) is 18.7 Å². The molecule has 0 aliphatic carbocycles. The van der Waals surface area contributed by atoms with Crippen LogP contribution in [-0.2, 0) is 15.6 Å². The molecule has 0 saturated carbocycles. The van der Waals surface area contributed by atoms with E-state index in [1.54, 1.807) is 41.3 Å². The quantitative estimate of drug-likeness (QED) is 0.765. The average molecular weight is 407 g/mol. The Morgan fingerprint density at radius 3 is 2.21 bits per heavy atom. The number of hydrogen-bond donors (Lipinski definition) is 1. The fourth-order valence-electron chi connectivity index (χ4n) is 2.81. The number of nitrogens with one attached hydrogen (secondary N) is 1. The first-order valence-corrected chi connectivity index (χ1v) is 10.9. The molecule has 1 N–H and O–H groups in total. The molecule has 0 fully saturated rings. The summed E-state index contributed by atoms with van der Waals surface area (Å²) < 4.78 is 28.3. The molecule has 7 nitrogen and oxygen atoms in total. The van der Waals surface area contributed by atoms with Crippen LogP contribution < -0.4 is 5.32 Å². The minimum absolute atomic E-state index is 0.198. The van der Waals surface area contributed by atoms with E-state index in [2.05, 4.69) is 10.4 Å². The molecule has 0 saturated heterocycles. The Morgan fingerprint density at radius 1 is 1.18 bits per heavy atom. The summed E-state index contributed by atoms with van der Waals surface area (Å²) in [6.45, 7) is 12.4. The van der Waals surface area contributed by atoms with Crippen molar-refractivity contribution in [2.45, 2.75) is 58.0 Å². The van der Waals surface area contributed by atoms with Gasteiger partial charge in [0.15, 0.2) is 0 Å². The molecule has 1 atom stereocenters. The number of aromatic nitrogens is 2. The first-order valence-electron chi connectivity index (χ1n) is 9.46. The van der Waals surface area contributed by atoms with Crippen LogP contribution in [0.25, 0.3) is 0 Å². The SMILES string of the molecule is CCN(CC)S(=O)(=O)c1ccc(C(C)NC(=O)c2cnn(C(C)(C)C)c2)cc1. The summed E-state index contributed by atoms with van der Waals surface area (Å²) in [4.78, 5) is 12.7. The van der Waals surface area contributed by atoms with Gasteiger partial charge >= 0.3 is 0 Å². The average Bonchev–Trinajstić information content (AvgIpc) is 3.13. The van der Waals surface area contributed by atoms with Gasteiger partial charge in [-0.2, -0.15) is 9.40 Å². The van der Waals surface area contributed by atoms with E-state index < -0.39 is 10.0 Å². The third kappa shape index (κ3) is 4.80. The Morgan fingerprint density at radius 2 is 1.75 bits per heavy atom. The van der Waals surface area contributed by atoms with Gasteiger partial charge in [0.1, 0.15) is 0 Å². The zero-order valence-electron chi connectivity index (χ0n) is 17.4. The van der Waals surface area contributed by atoms with Crippen LogP contribution in [0.1, 0.15) is 63.5 Å². The Balaban J connectivity index is 2.12. The Labute approximate surface area is 167 Å². The monoisotopic (exact) mass is 406 g/mol. The zero-order valence-corrected chi connectivity index (χ0v) is 18.2. The van der Waals surface area contributed by atoms with E-state index in [1.165, 1.54) is 4.31 Å². The molecule has 1 aromatic carbocycles. The number of amides is 1. The van der Waals surface area contributed by atoms with Crippen molar-refractivity contribution in [3.05, 3.63) is 47.8 Å². The van der Waals surface area contributed by atoms with E-state index in [4.69, 9.17) is 0 Å². The maximum absolute atomic E-state index is 12.6. The molecule has 1 heterocycles. The highest BCUT2D eigenvalue weighted by atomic mass is 32.2. The van der Waals surface area contributed by atoms with Gasteiger partial charge in [0.05, 0.1) is 28.2 Å². The number of sulfonamides is 1. The smallest absolute Gasteiger partial charge is 0.254 e. The van der Waals surface area contributed by atoms with E-state index in [-0.39, 0.29) is 22.4 Å². The summed E-state index contributed by atoms with van der Waals surface area (Å²) in [5.74, 6) is -0.220. The lowest BCUT2D eigenvalue weighted by Gasteiger charge is -2.19. The summed E-state index contributed by atoms with van der Waals surface area (Å²) in [6, 6.07) is 6.38. The molecule has 1 unspecified atom stereocenters. The molecule has 154 valence electrons. The molecule has 28 heavy (non-hydrogen) atoms. The number of hydrogen-bond acceptors (Lipinski definition) is 4. The van der Waals surface area contributed by atoms with Crippen LogP contribution in [0, 0.1) is 0 Å². The standard InChI is InChI=1S/C20H30N4O3S/c1-7-23(8-2)28(26,27)18-11-9-16(10-12-18)15(3)22-19(25)17-13-21-24(14-17)20(4,5)6/h9-15H,7-8H2,1-6H3,(H,22,25). The molecular formula is C20H30N4O3S. The molecule has 0 spiro atoms. The Hall–Kier alpha value is -2.19. The Bertz CT molecular complexity index is 908. The second-order valence-electron chi connectivity index (χ2n) is 7.70. The highest BCUT2D eigenvalue weighted by Crippen LogP contribution is 2.20. The van der Waals surface area contributed by atoms with Crippen molar-refractivity contribution in [2.24, 2.45) is 0 Å². The van der Waals surface area contributed by atoms with Gasteiger partial charge in [-0.05, 0) is 45.4 Å². The van der Waals surface area contributed by atoms with Crippen molar-refractivity contribution < 1.29 is 13.2 Å². The van der Waals surface area contributed by atoms with Crippen LogP contribution in [0.2, 0.25) is 0 Å². The number of carbonyl (C=O) groups is 1. The van der Waals surface area contributed by atoms with E-state index >= 15 is 0 Å². The molecule has 2 rings (SSSR count). The van der Waals surface area contributed by atoms with Gasteiger partial charge < -0.3 is 5.32 Å². The lowest BCUT2D eigenvalue weighted by molar-refractivity contribution is 0.0939. The molecule has 8 heteroatoms. The number of rotatable bonds is 7. The normalized spacial score (nSPS) is 13.5. The molecule has 1 amide bonds. The van der Waals surface area contributed by atoms with Crippen molar-refractivity contribution >= 4 is 15.9 Å². The fourth-order valence-corrected chi connectivity index (χ4v) is 4.27. The van der Waals surface area contributed by atoms with Crippen LogP contribution in [0.15, 0.2) is 41.6 Å². The van der Waals surface area contributed by atoms with E-state index in [9.17, 15) is 13.2 Å². The van der Waals surface area contributed by atoms with Crippen molar-refractivity contribution in [1.82, 2.24) is 19.4 Å². The number of benzene rings is 1. The van der Waals surface area contributed by atoms with Crippen LogP contribution in [0.3, 0.4) is 0 Å². The van der Waals surface area contributed by atoms with Crippen LogP contribution in [0.4, 0.5) is 0 Å². The maximum atomic E-state index is 12.6. The first-order chi connectivity index (χ1) is 13.0. The molecule has 1 aromatic heterocycles. The summed E-state index contributed by atoms with van der Waals surface area (Å²) in [5, 5.41) is 7.17. The fraction of sp³-hybridized carbons (Fsp3) is 0.500. The van der Waals surface area contributed by atoms with E-state index in [0.717, 1.165) is 5.56 Å². The van der Waals surface area contributed by atoms with Crippen molar-refractivity contribution in [1.29, 1.82) is 0 Å². The molecule has 0 bridgehead atoms. The summed E-state index contributed by atoms with van der Waals surface area (Å²) >= 11 is 0. The molecular weight excluding hydrogens is 376 g/mol. The largest absolute Gasteiger partial charge is 0.345 e. The summed E-state index contributed by atoms with van der Waals surface area (Å²) in [6.07, 6.45) is 3.27. The highest BCUT2D eigenvalue weighted by Gasteiger charge is 2.22. The molecule has 0 radical (unpaired) electrons. The topological polar surface area (TPSA) is 84.3 Å². The van der Waals surface area contributed by atoms with Gasteiger partial charge in [-0.25, -0.2) is 8.42 Å². The van der Waals surface area contributed by atoms with Crippen LogP contribution in [-0.4, -0.2) is 41.5 Å². The number of carbonyl (C=O) groups excluding carboxylic acids is 1. The molecule has 0 aliphatic rings. The third-order valence-electron chi connectivity index (χ3n) is 4.60. The first kappa shape index (κ1) is 22.1. The minimum atomic E-state index is -3.49. The Kier molecular flexibility index (Phi) is 6.67. The van der Waals surface area contributed by atoms with Gasteiger partial charge in [-0.1, -0.05) is 26.0 Å². The van der Waals surface area contributed by atoms with Gasteiger partial charge in [-0.15, -0.1) is 0 Å². The maximum Gasteiger partial charge on any atom is 0.254 e. The van der Waals surface area contributed by atoms with E-state index in [1.807, 2.05) is 41.5 Å². The predicted molar refractivity (Wildman–Crippen MR) is 110 cm³/mol.